The van der Waals surface area contributed by atoms with E-state index in [2.05, 4.69) is 9.72 Å². The first-order valence-electron chi connectivity index (χ1n) is 11.4. The highest BCUT2D eigenvalue weighted by Gasteiger charge is 2.36. The van der Waals surface area contributed by atoms with Gasteiger partial charge in [0.05, 0.1) is 16.2 Å². The van der Waals surface area contributed by atoms with Crippen molar-refractivity contribution in [2.75, 3.05) is 25.1 Å². The molecule has 1 unspecified atom stereocenters. The molecule has 0 saturated carbocycles. The number of halogens is 6. The first kappa shape index (κ1) is 30.7. The van der Waals surface area contributed by atoms with Crippen molar-refractivity contribution in [1.82, 2.24) is 9.88 Å². The number of pyridine rings is 1. The zero-order valence-electron chi connectivity index (χ0n) is 20.6. The first-order valence-corrected chi connectivity index (χ1v) is 15.0. The van der Waals surface area contributed by atoms with Crippen LogP contribution in [0.2, 0.25) is 0 Å². The van der Waals surface area contributed by atoms with E-state index in [-0.39, 0.29) is 24.6 Å². The third kappa shape index (κ3) is 7.84. The quantitative estimate of drug-likeness (QED) is 0.433. The summed E-state index contributed by atoms with van der Waals surface area (Å²) in [7, 11) is -8.27. The Morgan fingerprint density at radius 3 is 2.21 bits per heavy atom. The van der Waals surface area contributed by atoms with E-state index in [1.54, 1.807) is 6.92 Å². The van der Waals surface area contributed by atoms with Gasteiger partial charge in [0.15, 0.2) is 24.7 Å². The summed E-state index contributed by atoms with van der Waals surface area (Å²) >= 11 is 0. The van der Waals surface area contributed by atoms with Crippen LogP contribution in [0.25, 0.3) is 0 Å². The van der Waals surface area contributed by atoms with Crippen LogP contribution in [0, 0.1) is 11.8 Å². The zero-order valence-corrected chi connectivity index (χ0v) is 22.2. The number of benzene rings is 1. The molecule has 39 heavy (non-hydrogen) atoms. The second-order valence-corrected chi connectivity index (χ2v) is 13.2. The smallest absolute Gasteiger partial charge is 0.406 e. The second kappa shape index (κ2) is 10.9. The summed E-state index contributed by atoms with van der Waals surface area (Å²) in [5, 5.41) is -0.692. The van der Waals surface area contributed by atoms with Gasteiger partial charge in [0.2, 0.25) is 0 Å². The van der Waals surface area contributed by atoms with Gasteiger partial charge in [0.25, 0.3) is 5.91 Å². The van der Waals surface area contributed by atoms with Crippen molar-refractivity contribution in [3.63, 3.8) is 0 Å². The van der Waals surface area contributed by atoms with Crippen LogP contribution in [0.1, 0.15) is 35.8 Å². The Kier molecular flexibility index (Phi) is 8.60. The number of piperidine rings is 1. The van der Waals surface area contributed by atoms with Crippen molar-refractivity contribution < 1.29 is 52.7 Å². The van der Waals surface area contributed by atoms with Gasteiger partial charge in [0, 0.05) is 19.3 Å². The maximum atomic E-state index is 13.1. The monoisotopic (exact) mass is 602 g/mol. The molecule has 1 aliphatic heterocycles. The van der Waals surface area contributed by atoms with Crippen LogP contribution >= 0.6 is 0 Å². The van der Waals surface area contributed by atoms with Crippen molar-refractivity contribution in [3.8, 4) is 5.75 Å². The van der Waals surface area contributed by atoms with Gasteiger partial charge in [-0.1, -0.05) is 13.0 Å². The Morgan fingerprint density at radius 2 is 1.67 bits per heavy atom. The SMILES string of the molecule is CC(CS(=O)(=O)c1cccc(C(F)(F)F)n1)C1CCN(C(=O)c2ccc(OC(F)(F)F)cc2S(C)(=O)=O)CC1. The molecule has 2 aromatic rings. The zero-order chi connectivity index (χ0) is 29.4. The number of rotatable bonds is 7. The van der Waals surface area contributed by atoms with Gasteiger partial charge in [-0.15, -0.1) is 13.2 Å². The molecular formula is C23H24F6N2O6S2. The average Bonchev–Trinajstić information content (AvgIpc) is 2.81. The predicted octanol–water partition coefficient (Wildman–Crippen LogP) is 4.36. The van der Waals surface area contributed by atoms with E-state index in [0.29, 0.717) is 25.0 Å². The number of carbonyl (C=O) groups excluding carboxylic acids is 1. The highest BCUT2D eigenvalue weighted by Crippen LogP contribution is 2.32. The second-order valence-electron chi connectivity index (χ2n) is 9.23. The van der Waals surface area contributed by atoms with Gasteiger partial charge in [0.1, 0.15) is 11.4 Å². The summed E-state index contributed by atoms with van der Waals surface area (Å²) in [6, 6.07) is 5.01. The molecule has 1 aliphatic rings. The van der Waals surface area contributed by atoms with E-state index in [0.717, 1.165) is 30.5 Å². The standard InChI is InChI=1S/C23H24F6N2O6S2/c1-14(13-39(35,36)20-5-3-4-19(30-20)22(24,25)26)15-8-10-31(11-9-15)21(32)17-7-6-16(37-23(27,28)29)12-18(17)38(2,33)34/h3-7,12,14-15H,8-11,13H2,1-2H3. The maximum absolute atomic E-state index is 13.1. The van der Waals surface area contributed by atoms with Crippen molar-refractivity contribution in [2.45, 2.75) is 42.2 Å². The highest BCUT2D eigenvalue weighted by atomic mass is 32.2. The number of aromatic nitrogens is 1. The van der Waals surface area contributed by atoms with Crippen LogP contribution in [-0.4, -0.2) is 64.1 Å². The van der Waals surface area contributed by atoms with Crippen molar-refractivity contribution in [3.05, 3.63) is 47.7 Å². The molecule has 1 fully saturated rings. The molecule has 0 radical (unpaired) electrons. The van der Waals surface area contributed by atoms with Gasteiger partial charge in [-0.25, -0.2) is 21.8 Å². The van der Waals surface area contributed by atoms with Gasteiger partial charge in [-0.3, -0.25) is 4.79 Å². The van der Waals surface area contributed by atoms with Crippen LogP contribution in [0.5, 0.6) is 5.75 Å². The number of hydrogen-bond donors (Lipinski definition) is 0. The number of hydrogen-bond acceptors (Lipinski definition) is 7. The van der Waals surface area contributed by atoms with Gasteiger partial charge in [-0.2, -0.15) is 13.2 Å². The highest BCUT2D eigenvalue weighted by molar-refractivity contribution is 7.91. The number of amides is 1. The van der Waals surface area contributed by atoms with Crippen LogP contribution < -0.4 is 4.74 Å². The number of alkyl halides is 6. The van der Waals surface area contributed by atoms with E-state index >= 15 is 0 Å². The van der Waals surface area contributed by atoms with Gasteiger partial charge < -0.3 is 9.64 Å². The Morgan fingerprint density at radius 1 is 1.05 bits per heavy atom. The number of nitrogens with zero attached hydrogens (tertiary/aromatic N) is 2. The minimum Gasteiger partial charge on any atom is -0.406 e. The molecule has 1 amide bonds. The third-order valence-electron chi connectivity index (χ3n) is 6.26. The molecule has 1 saturated heterocycles. The predicted molar refractivity (Wildman–Crippen MR) is 125 cm³/mol. The summed E-state index contributed by atoms with van der Waals surface area (Å²) in [5.74, 6) is -2.75. The molecule has 0 N–H and O–H groups in total. The van der Waals surface area contributed by atoms with Gasteiger partial charge >= 0.3 is 12.5 Å². The summed E-state index contributed by atoms with van der Waals surface area (Å²) in [6.45, 7) is 1.81. The molecule has 0 aliphatic carbocycles. The van der Waals surface area contributed by atoms with Crippen LogP contribution in [0.4, 0.5) is 26.3 Å². The lowest BCUT2D eigenvalue weighted by Crippen LogP contribution is -2.41. The lowest BCUT2D eigenvalue weighted by molar-refractivity contribution is -0.274. The molecule has 1 aromatic carbocycles. The first-order chi connectivity index (χ1) is 17.8. The Labute approximate surface area is 220 Å². The molecule has 1 aromatic heterocycles. The van der Waals surface area contributed by atoms with Crippen LogP contribution in [0.15, 0.2) is 46.3 Å². The lowest BCUT2D eigenvalue weighted by Gasteiger charge is -2.35. The van der Waals surface area contributed by atoms with Gasteiger partial charge in [-0.05, 0) is 55.0 Å². The van der Waals surface area contributed by atoms with Crippen molar-refractivity contribution in [2.24, 2.45) is 11.8 Å². The third-order valence-corrected chi connectivity index (χ3v) is 9.23. The van der Waals surface area contributed by atoms with E-state index in [1.165, 1.54) is 4.90 Å². The molecule has 216 valence electrons. The molecule has 0 bridgehead atoms. The summed E-state index contributed by atoms with van der Waals surface area (Å²) in [4.78, 5) is 17.0. The van der Waals surface area contributed by atoms with Crippen LogP contribution in [0.3, 0.4) is 0 Å². The largest absolute Gasteiger partial charge is 0.573 e. The van der Waals surface area contributed by atoms with E-state index in [9.17, 15) is 48.0 Å². The Hall–Kier alpha value is -2.88. The maximum Gasteiger partial charge on any atom is 0.573 e. The molecule has 16 heteroatoms. The molecule has 1 atom stereocenters. The minimum absolute atomic E-state index is 0.0969. The topological polar surface area (TPSA) is 111 Å². The Balaban J connectivity index is 1.70. The van der Waals surface area contributed by atoms with E-state index < -0.39 is 71.2 Å². The summed E-state index contributed by atoms with van der Waals surface area (Å²) in [5.41, 5.74) is -1.66. The fourth-order valence-electron chi connectivity index (χ4n) is 4.34. The summed E-state index contributed by atoms with van der Waals surface area (Å²) in [6.07, 6.45) is -8.52. The van der Waals surface area contributed by atoms with E-state index in [4.69, 9.17) is 0 Å². The number of sulfone groups is 2. The molecule has 0 spiro atoms. The fraction of sp³-hybridized carbons (Fsp3) is 0.478. The lowest BCUT2D eigenvalue weighted by atomic mass is 9.86. The molecule has 8 nitrogen and oxygen atoms in total. The number of ether oxygens (including phenoxy) is 1. The van der Waals surface area contributed by atoms with Crippen LogP contribution in [-0.2, 0) is 25.9 Å². The molecule has 2 heterocycles. The normalized spacial score (nSPS) is 16.7. The number of likely N-dealkylation sites (tertiary alicyclic amines) is 1. The fourth-order valence-corrected chi connectivity index (χ4v) is 6.88. The van der Waals surface area contributed by atoms with E-state index in [1.807, 2.05) is 0 Å². The number of carbonyl (C=O) groups is 1. The van der Waals surface area contributed by atoms with Crippen molar-refractivity contribution in [1.29, 1.82) is 0 Å². The molecule has 3 rings (SSSR count). The molecular weight excluding hydrogens is 578 g/mol. The van der Waals surface area contributed by atoms with Crippen molar-refractivity contribution >= 4 is 25.6 Å². The average molecular weight is 603 g/mol. The minimum atomic E-state index is -5.07. The Bertz CT molecular complexity index is 1430. The summed E-state index contributed by atoms with van der Waals surface area (Å²) < 4.78 is 130.